The number of hydrogen-bond acceptors (Lipinski definition) is 14. The number of esters is 1. The molecule has 16 unspecified atom stereocenters. The molecule has 3 saturated carbocycles. The summed E-state index contributed by atoms with van der Waals surface area (Å²) in [5.74, 6) is -0.380. The van der Waals surface area contributed by atoms with Crippen molar-refractivity contribution in [3.05, 3.63) is 23.3 Å². The molecule has 5 fully saturated rings. The Kier molecular flexibility index (Phi) is 9.19. The van der Waals surface area contributed by atoms with Gasteiger partial charge in [0.1, 0.15) is 55.6 Å². The van der Waals surface area contributed by atoms with Gasteiger partial charge in [0.25, 0.3) is 0 Å². The van der Waals surface area contributed by atoms with Gasteiger partial charge in [-0.2, -0.15) is 0 Å². The lowest BCUT2D eigenvalue weighted by atomic mass is 9.45. The highest BCUT2D eigenvalue weighted by molar-refractivity contribution is 5.85. The Morgan fingerprint density at radius 1 is 0.917 bits per heavy atom. The van der Waals surface area contributed by atoms with Crippen molar-refractivity contribution in [1.82, 2.24) is 0 Å². The van der Waals surface area contributed by atoms with Gasteiger partial charge in [-0.25, -0.2) is 4.79 Å². The molecule has 268 valence electrons. The second-order valence-corrected chi connectivity index (χ2v) is 15.2. The van der Waals surface area contributed by atoms with E-state index in [-0.39, 0.29) is 36.9 Å². The van der Waals surface area contributed by atoms with Gasteiger partial charge in [0.15, 0.2) is 12.6 Å². The molecular formula is C34H48O14. The van der Waals surface area contributed by atoms with Crippen molar-refractivity contribution < 1.29 is 69.0 Å². The largest absolute Gasteiger partial charge is 0.458 e. The average Bonchev–Trinajstić information content (AvgIpc) is 3.63. The van der Waals surface area contributed by atoms with Crippen LogP contribution in [0, 0.1) is 28.6 Å². The van der Waals surface area contributed by atoms with Crippen LogP contribution in [0.25, 0.3) is 0 Å². The van der Waals surface area contributed by atoms with E-state index in [9.17, 15) is 45.3 Å². The summed E-state index contributed by atoms with van der Waals surface area (Å²) in [6.07, 6.45) is -3.81. The highest BCUT2D eigenvalue weighted by Crippen LogP contribution is 2.69. The SMILES string of the molecule is CC12CCC3C(CCC4=CC(OC5OCC(OC6OC(CO)C(O)C(O)C6O)C(O)C5O)CCC43C=O)C1(O)CCC2C1=CC(=O)OC1. The molecule has 0 bridgehead atoms. The lowest BCUT2D eigenvalue weighted by molar-refractivity contribution is -0.345. The Bertz CT molecular complexity index is 1320. The minimum absolute atomic E-state index is 0.0399. The molecule has 0 aromatic rings. The number of allylic oxidation sites excluding steroid dienone is 1. The molecule has 7 N–H and O–H groups in total. The minimum Gasteiger partial charge on any atom is -0.458 e. The third-order valence-electron chi connectivity index (χ3n) is 13.1. The first-order valence-corrected chi connectivity index (χ1v) is 17.2. The van der Waals surface area contributed by atoms with E-state index >= 15 is 0 Å². The number of aliphatic hydroxyl groups excluding tert-OH is 6. The van der Waals surface area contributed by atoms with Crippen LogP contribution in [-0.2, 0) is 33.3 Å². The molecule has 16 atom stereocenters. The number of aliphatic hydroxyl groups is 7. The van der Waals surface area contributed by atoms with Crippen molar-refractivity contribution in [3.8, 4) is 0 Å². The zero-order chi connectivity index (χ0) is 34.2. The zero-order valence-corrected chi connectivity index (χ0v) is 27.0. The van der Waals surface area contributed by atoms with Gasteiger partial charge < -0.3 is 64.2 Å². The fourth-order valence-electron chi connectivity index (χ4n) is 10.4. The number of cyclic esters (lactones) is 1. The molecular weight excluding hydrogens is 632 g/mol. The second kappa shape index (κ2) is 12.7. The van der Waals surface area contributed by atoms with Gasteiger partial charge in [0, 0.05) is 11.5 Å². The number of carbonyl (C=O) groups is 2. The topological polar surface area (TPSA) is 222 Å². The predicted molar refractivity (Wildman–Crippen MR) is 161 cm³/mol. The van der Waals surface area contributed by atoms with Gasteiger partial charge in [-0.15, -0.1) is 0 Å². The number of fused-ring (bicyclic) bond motifs is 5. The van der Waals surface area contributed by atoms with Crippen molar-refractivity contribution in [2.75, 3.05) is 19.8 Å². The van der Waals surface area contributed by atoms with Gasteiger partial charge >= 0.3 is 5.97 Å². The Morgan fingerprint density at radius 3 is 2.40 bits per heavy atom. The summed E-state index contributed by atoms with van der Waals surface area (Å²) in [7, 11) is 0. The zero-order valence-electron chi connectivity index (χ0n) is 27.0. The fourth-order valence-corrected chi connectivity index (χ4v) is 10.4. The lowest BCUT2D eigenvalue weighted by Gasteiger charge is -2.61. The molecule has 14 nitrogen and oxygen atoms in total. The van der Waals surface area contributed by atoms with Crippen LogP contribution in [0.3, 0.4) is 0 Å². The maximum Gasteiger partial charge on any atom is 0.331 e. The van der Waals surface area contributed by atoms with Gasteiger partial charge in [-0.05, 0) is 74.7 Å². The first-order chi connectivity index (χ1) is 22.9. The molecule has 7 aliphatic rings. The van der Waals surface area contributed by atoms with Crippen LogP contribution in [0.15, 0.2) is 23.3 Å². The quantitative estimate of drug-likeness (QED) is 0.0974. The van der Waals surface area contributed by atoms with Crippen molar-refractivity contribution in [3.63, 3.8) is 0 Å². The number of aldehydes is 1. The minimum atomic E-state index is -1.68. The van der Waals surface area contributed by atoms with Crippen LogP contribution in [0.4, 0.5) is 0 Å². The average molecular weight is 681 g/mol. The summed E-state index contributed by atoms with van der Waals surface area (Å²) >= 11 is 0. The number of hydrogen-bond donors (Lipinski definition) is 7. The standard InChI is InChI=1S/C34H48O14/c1-32-7-5-20-21(34(32,43)9-6-19(32)16-10-24(37)44-13-16)3-2-17-11-18(4-8-33(17,20)15-36)46-30-28(41)26(39)23(14-45-30)48-31-29(42)27(40)25(38)22(12-35)47-31/h10-11,15,18-23,25-31,35,38-43H,2-9,12-14H2,1H3. The molecule has 3 heterocycles. The van der Waals surface area contributed by atoms with Crippen molar-refractivity contribution in [2.45, 2.75) is 125 Å². The normalized spacial score (nSPS) is 52.0. The third kappa shape index (κ3) is 5.26. The van der Waals surface area contributed by atoms with E-state index in [0.29, 0.717) is 32.1 Å². The first-order valence-electron chi connectivity index (χ1n) is 17.2. The summed E-state index contributed by atoms with van der Waals surface area (Å²) in [5, 5.41) is 74.0. The maximum absolute atomic E-state index is 13.0. The van der Waals surface area contributed by atoms with Crippen molar-refractivity contribution >= 4 is 12.3 Å². The van der Waals surface area contributed by atoms with Gasteiger partial charge in [0.05, 0.1) is 30.3 Å². The third-order valence-corrected chi connectivity index (χ3v) is 13.1. The van der Waals surface area contributed by atoms with Crippen molar-refractivity contribution in [1.29, 1.82) is 0 Å². The van der Waals surface area contributed by atoms with E-state index in [1.54, 1.807) is 6.08 Å². The highest BCUT2D eigenvalue weighted by atomic mass is 16.7. The van der Waals surface area contributed by atoms with E-state index in [4.69, 9.17) is 23.7 Å². The highest BCUT2D eigenvalue weighted by Gasteiger charge is 2.68. The van der Waals surface area contributed by atoms with Crippen LogP contribution >= 0.6 is 0 Å². The molecule has 48 heavy (non-hydrogen) atoms. The van der Waals surface area contributed by atoms with Crippen LogP contribution in [-0.4, -0.2) is 135 Å². The van der Waals surface area contributed by atoms with E-state index < -0.39 is 84.4 Å². The van der Waals surface area contributed by atoms with E-state index in [0.717, 1.165) is 36.7 Å². The molecule has 4 aliphatic carbocycles. The molecule has 0 amide bonds. The molecule has 7 rings (SSSR count). The number of rotatable bonds is 7. The van der Waals surface area contributed by atoms with Gasteiger partial charge in [-0.3, -0.25) is 0 Å². The molecule has 3 aliphatic heterocycles. The molecule has 0 aromatic carbocycles. The van der Waals surface area contributed by atoms with Gasteiger partial charge in [0.2, 0.25) is 0 Å². The smallest absolute Gasteiger partial charge is 0.331 e. The molecule has 2 saturated heterocycles. The van der Waals surface area contributed by atoms with E-state index in [1.807, 2.05) is 6.08 Å². The summed E-state index contributed by atoms with van der Waals surface area (Å²) in [4.78, 5) is 24.9. The van der Waals surface area contributed by atoms with Crippen molar-refractivity contribution in [2.24, 2.45) is 28.6 Å². The maximum atomic E-state index is 13.0. The van der Waals surface area contributed by atoms with Crippen LogP contribution < -0.4 is 0 Å². The molecule has 0 radical (unpaired) electrons. The molecule has 14 heteroatoms. The Balaban J connectivity index is 1.01. The Labute approximate surface area is 278 Å². The Hall–Kier alpha value is -1.82. The van der Waals surface area contributed by atoms with E-state index in [1.165, 1.54) is 0 Å². The van der Waals surface area contributed by atoms with E-state index in [2.05, 4.69) is 6.92 Å². The van der Waals surface area contributed by atoms with Gasteiger partial charge in [-0.1, -0.05) is 18.6 Å². The fraction of sp³-hybridized carbons (Fsp3) is 0.824. The van der Waals surface area contributed by atoms with Crippen LogP contribution in [0.2, 0.25) is 0 Å². The second-order valence-electron chi connectivity index (χ2n) is 15.2. The number of carbonyl (C=O) groups excluding carboxylic acids is 2. The molecule has 0 aromatic heterocycles. The molecule has 0 spiro atoms. The first kappa shape index (κ1) is 34.6. The summed E-state index contributed by atoms with van der Waals surface area (Å²) < 4.78 is 28.1. The monoisotopic (exact) mass is 680 g/mol. The summed E-state index contributed by atoms with van der Waals surface area (Å²) in [6.45, 7) is 1.52. The van der Waals surface area contributed by atoms with Crippen LogP contribution in [0.1, 0.15) is 58.3 Å². The summed E-state index contributed by atoms with van der Waals surface area (Å²) in [5.41, 5.74) is -0.200. The number of ether oxygens (including phenoxy) is 5. The van der Waals surface area contributed by atoms with Crippen LogP contribution in [0.5, 0.6) is 0 Å². The predicted octanol–water partition coefficient (Wildman–Crippen LogP) is -1.01. The summed E-state index contributed by atoms with van der Waals surface area (Å²) in [6, 6.07) is 0. The Morgan fingerprint density at radius 2 is 1.69 bits per heavy atom. The lowest BCUT2D eigenvalue weighted by Crippen LogP contribution is -2.62.